The summed E-state index contributed by atoms with van der Waals surface area (Å²) in [5.74, 6) is -1.03. The van der Waals surface area contributed by atoms with Crippen LogP contribution in [0.25, 0.3) is 33.4 Å². The van der Waals surface area contributed by atoms with Crippen LogP contribution in [0, 0.1) is 0 Å². The molecule has 428 valence electrons. The molecule has 0 saturated carbocycles. The highest BCUT2D eigenvalue weighted by molar-refractivity contribution is 7.46. The molecule has 9 N–H and O–H groups in total. The van der Waals surface area contributed by atoms with Gasteiger partial charge in [-0.15, -0.1) is 0 Å². The van der Waals surface area contributed by atoms with E-state index in [2.05, 4.69) is 24.7 Å². The number of nitrogens with two attached hydrogens (primary N) is 1. The number of rotatable bonds is 28. The number of aromatic carboxylic acids is 1. The zero-order valence-corrected chi connectivity index (χ0v) is 45.5. The lowest BCUT2D eigenvalue weighted by Gasteiger charge is -2.21. The fourth-order valence-corrected chi connectivity index (χ4v) is 8.77. The summed E-state index contributed by atoms with van der Waals surface area (Å²) in [5.41, 5.74) is 9.36. The Labute approximate surface area is 448 Å². The number of hydrogen-bond acceptors (Lipinski definition) is 19. The van der Waals surface area contributed by atoms with Gasteiger partial charge in [0.2, 0.25) is 17.2 Å². The number of nitrogens with zero attached hydrogens (tertiary/aromatic N) is 4. The summed E-state index contributed by atoms with van der Waals surface area (Å²) in [4.78, 5) is 89.3. The lowest BCUT2D eigenvalue weighted by Crippen LogP contribution is -2.38. The number of carboxylic acid groups (broad SMARTS) is 1. The Morgan fingerprint density at radius 2 is 1.51 bits per heavy atom. The molecule has 1 saturated heterocycles. The molecule has 2 amide bonds. The maximum Gasteiger partial charge on any atom is 0.470 e. The van der Waals surface area contributed by atoms with E-state index in [9.17, 15) is 48.3 Å². The Bertz CT molecular complexity index is 3010. The van der Waals surface area contributed by atoms with E-state index in [0.29, 0.717) is 75.1 Å². The molecule has 27 nitrogen and oxygen atoms in total. The number of nitrogen functional groups attached to an aromatic ring is 1. The van der Waals surface area contributed by atoms with E-state index in [0.717, 1.165) is 32.1 Å². The summed E-state index contributed by atoms with van der Waals surface area (Å²) in [7, 11) is -2.38. The molecule has 29 heteroatoms. The Hall–Kier alpha value is -6.00. The Balaban J connectivity index is 0.000000325. The van der Waals surface area contributed by atoms with Crippen LogP contribution in [-0.4, -0.2) is 171 Å². The first-order valence-electron chi connectivity index (χ1n) is 24.4. The fourth-order valence-electron chi connectivity index (χ4n) is 7.85. The van der Waals surface area contributed by atoms with Crippen LogP contribution in [0.2, 0.25) is 0 Å². The van der Waals surface area contributed by atoms with Crippen LogP contribution >= 0.6 is 15.6 Å². The summed E-state index contributed by atoms with van der Waals surface area (Å²) < 4.78 is 67.4. The van der Waals surface area contributed by atoms with Gasteiger partial charge in [0, 0.05) is 92.2 Å². The molecule has 1 aliphatic carbocycles. The number of carbonyl (C=O) groups excluding carboxylic acids is 3. The second-order valence-corrected chi connectivity index (χ2v) is 20.3. The number of anilines is 2. The summed E-state index contributed by atoms with van der Waals surface area (Å²) in [6.45, 7) is 3.87. The number of carbonyl (C=O) groups is 3. The summed E-state index contributed by atoms with van der Waals surface area (Å²) in [6, 6.07) is 18.9. The van der Waals surface area contributed by atoms with E-state index < -0.39 is 58.5 Å². The van der Waals surface area contributed by atoms with Crippen LogP contribution in [0.5, 0.6) is 0 Å². The standard InChI is InChI=1S/C25H45N5O17P2.C24H22N2O3/c1-17(31)27-6-8-42-10-12-44-14-13-43-11-9-41-7-4-20(32)28-5-2-3-18-15-30(25(34)29-23(18)26)24-21(33)22(47-49(38,39)40)19(46-24)16-45-48(35,36)37;1-25(2)15-9-11-19-21(13-15)29-22-14-16(26(3)4)10-12-20(22)23(19)17-7-5-6-8-18(17)24(27)28/h15,19,21-22,24,33H,2-14,16H2,1H3,(H,27,31)(H,28,32)(H2,26,29,34)(H2,35,36,37)(H2,38,39,40);5-14H,1-4H3/t19-,21+,22?,24-;/m1./s1. The van der Waals surface area contributed by atoms with E-state index in [1.54, 1.807) is 12.1 Å². The van der Waals surface area contributed by atoms with Gasteiger partial charge in [-0.2, -0.15) is 4.98 Å². The van der Waals surface area contributed by atoms with Crippen molar-refractivity contribution < 1.29 is 90.4 Å². The predicted molar refractivity (Wildman–Crippen MR) is 280 cm³/mol. The lowest BCUT2D eigenvalue weighted by molar-refractivity contribution is -0.255. The molecule has 1 aromatic heterocycles. The Morgan fingerprint density at radius 3 is 2.13 bits per heavy atom. The van der Waals surface area contributed by atoms with Crippen molar-refractivity contribution in [2.24, 2.45) is 0 Å². The van der Waals surface area contributed by atoms with Crippen LogP contribution in [0.15, 0.2) is 76.1 Å². The van der Waals surface area contributed by atoms with Gasteiger partial charge >= 0.3 is 21.3 Å². The third-order valence-corrected chi connectivity index (χ3v) is 12.6. The molecule has 2 aromatic carbocycles. The molecular weight excluding hydrogens is 1070 g/mol. The Kier molecular flexibility index (Phi) is 24.0. The van der Waals surface area contributed by atoms with Crippen molar-refractivity contribution in [1.29, 1.82) is 0 Å². The normalized spacial score (nSPS) is 16.4. The van der Waals surface area contributed by atoms with Crippen LogP contribution in [0.1, 0.15) is 41.9 Å². The summed E-state index contributed by atoms with van der Waals surface area (Å²) >= 11 is 0. The van der Waals surface area contributed by atoms with E-state index in [-0.39, 0.29) is 55.8 Å². The van der Waals surface area contributed by atoms with Gasteiger partial charge in [0.1, 0.15) is 49.6 Å². The molecule has 78 heavy (non-hydrogen) atoms. The minimum absolute atomic E-state index is 0.0985. The van der Waals surface area contributed by atoms with Crippen molar-refractivity contribution >= 4 is 55.9 Å². The van der Waals surface area contributed by atoms with E-state index in [4.69, 9.17) is 43.6 Å². The molecule has 3 heterocycles. The van der Waals surface area contributed by atoms with Gasteiger partial charge in [-0.1, -0.05) is 24.3 Å². The number of phosphoric acid groups is 2. The first kappa shape index (κ1) is 62.8. The highest BCUT2D eigenvalue weighted by Gasteiger charge is 2.49. The van der Waals surface area contributed by atoms with Gasteiger partial charge in [0.25, 0.3) is 0 Å². The molecule has 1 unspecified atom stereocenters. The number of nitrogens with one attached hydrogen (secondary N) is 2. The molecular formula is C49H67N7O20P2. The highest BCUT2D eigenvalue weighted by Crippen LogP contribution is 2.46. The van der Waals surface area contributed by atoms with Crippen LogP contribution < -0.4 is 42.0 Å². The molecule has 2 aliphatic heterocycles. The number of ether oxygens (including phenoxy) is 5. The van der Waals surface area contributed by atoms with Crippen molar-refractivity contribution in [3.8, 4) is 22.5 Å². The smallest absolute Gasteiger partial charge is 0.470 e. The number of fused-ring (bicyclic) bond motifs is 2. The number of benzene rings is 3. The summed E-state index contributed by atoms with van der Waals surface area (Å²) in [5, 5.41) is 29.7. The lowest BCUT2D eigenvalue weighted by atomic mass is 9.90. The number of amides is 2. The molecule has 1 fully saturated rings. The maximum absolute atomic E-state index is 12.6. The third kappa shape index (κ3) is 19.4. The van der Waals surface area contributed by atoms with Gasteiger partial charge < -0.3 is 83.9 Å². The van der Waals surface area contributed by atoms with Crippen molar-refractivity contribution in [2.75, 3.05) is 111 Å². The molecule has 0 spiro atoms. The number of hydrogen-bond donors (Lipinski definition) is 8. The zero-order chi connectivity index (χ0) is 57.2. The molecule has 0 bridgehead atoms. The Morgan fingerprint density at radius 1 is 0.859 bits per heavy atom. The first-order chi connectivity index (χ1) is 36.9. The van der Waals surface area contributed by atoms with Crippen LogP contribution in [0.3, 0.4) is 0 Å². The van der Waals surface area contributed by atoms with Crippen LogP contribution in [-0.2, 0) is 57.9 Å². The summed E-state index contributed by atoms with van der Waals surface area (Å²) in [6.07, 6.45) is -5.13. The molecule has 4 atom stereocenters. The van der Waals surface area contributed by atoms with Gasteiger partial charge in [-0.25, -0.2) is 18.5 Å². The van der Waals surface area contributed by atoms with Gasteiger partial charge in [-0.3, -0.25) is 23.2 Å². The van der Waals surface area contributed by atoms with Crippen molar-refractivity contribution in [3.63, 3.8) is 0 Å². The fraction of sp³-hybridized carbons (Fsp3) is 0.469. The minimum atomic E-state index is -5.23. The van der Waals surface area contributed by atoms with Crippen molar-refractivity contribution in [1.82, 2.24) is 24.8 Å². The third-order valence-electron chi connectivity index (χ3n) is 11.6. The van der Waals surface area contributed by atoms with Gasteiger partial charge in [0.15, 0.2) is 6.23 Å². The number of aliphatic hydroxyl groups is 1. The van der Waals surface area contributed by atoms with E-state index >= 15 is 0 Å². The zero-order valence-electron chi connectivity index (χ0n) is 43.7. The average molecular weight is 1140 g/mol. The number of aryl methyl sites for hydroxylation is 1. The average Bonchev–Trinajstić information content (AvgIpc) is 3.76. The van der Waals surface area contributed by atoms with Crippen LogP contribution in [0.4, 0.5) is 11.5 Å². The van der Waals surface area contributed by atoms with Gasteiger partial charge in [-0.05, 0) is 36.6 Å². The number of carboxylic acids is 1. The van der Waals surface area contributed by atoms with Crippen molar-refractivity contribution in [3.05, 3.63) is 93.8 Å². The highest BCUT2D eigenvalue weighted by atomic mass is 31.2. The molecule has 0 radical (unpaired) electrons. The predicted octanol–water partition coefficient (Wildman–Crippen LogP) is -0.0217. The second kappa shape index (κ2) is 29.8. The second-order valence-electron chi connectivity index (χ2n) is 17.8. The molecule has 3 aromatic rings. The largest absolute Gasteiger partial charge is 0.545 e. The molecule has 3 aliphatic rings. The number of aromatic nitrogens is 2. The quantitative estimate of drug-likeness (QED) is 0.0141. The first-order valence-corrected chi connectivity index (χ1v) is 27.5. The molecule has 6 rings (SSSR count). The van der Waals surface area contributed by atoms with E-state index in [1.807, 2.05) is 86.2 Å². The number of aliphatic hydroxyl groups excluding tert-OH is 1. The minimum Gasteiger partial charge on any atom is -0.545 e. The number of phosphoric ester groups is 2. The SMILES string of the molecule is CC(=O)NCCOCCOCCOCCOCCC(=O)NCCCc1cn([C@@H]2O[C@H](COP(=O)(O)O)C(OP(=O)(O)O)[C@@H]2O)c(=O)nc1N.CN(C)c1ccc2c(-c3ccccc3C(=O)[O-])c3ccc(=[N+](C)C)cc-3oc2c1. The van der Waals surface area contributed by atoms with Crippen molar-refractivity contribution in [2.45, 2.75) is 50.7 Å². The van der Waals surface area contributed by atoms with Gasteiger partial charge in [0.05, 0.1) is 71.5 Å². The van der Waals surface area contributed by atoms with E-state index in [1.165, 1.54) is 13.1 Å². The maximum atomic E-state index is 12.6. The topological polar surface area (TPSA) is 379 Å². The monoisotopic (exact) mass is 1140 g/mol.